The maximum atomic E-state index is 12.2. The number of benzene rings is 1. The van der Waals surface area contributed by atoms with Crippen molar-refractivity contribution in [3.63, 3.8) is 0 Å². The summed E-state index contributed by atoms with van der Waals surface area (Å²) in [5.74, 6) is 0.353. The van der Waals surface area contributed by atoms with Crippen LogP contribution in [0.5, 0.6) is 5.75 Å². The van der Waals surface area contributed by atoms with Crippen molar-refractivity contribution in [2.45, 2.75) is 19.5 Å². The van der Waals surface area contributed by atoms with Gasteiger partial charge in [-0.15, -0.1) is 0 Å². The summed E-state index contributed by atoms with van der Waals surface area (Å²) in [4.78, 5) is 13.6. The highest BCUT2D eigenvalue weighted by molar-refractivity contribution is 5.73. The Bertz CT molecular complexity index is 676. The fourth-order valence-corrected chi connectivity index (χ4v) is 2.12. The summed E-state index contributed by atoms with van der Waals surface area (Å²) in [5, 5.41) is 6.83. The molecule has 0 fully saturated rings. The van der Waals surface area contributed by atoms with Gasteiger partial charge >= 0.3 is 6.03 Å². The quantitative estimate of drug-likeness (QED) is 0.843. The molecule has 24 heavy (non-hydrogen) atoms. The average molecular weight is 338 g/mol. The molecule has 0 spiro atoms. The third kappa shape index (κ3) is 5.53. The van der Waals surface area contributed by atoms with Crippen molar-refractivity contribution in [1.29, 1.82) is 0 Å². The van der Waals surface area contributed by atoms with Crippen LogP contribution in [0.2, 0.25) is 0 Å². The number of aryl methyl sites for hydroxylation is 1. The fraction of sp³-hybridized carbons (Fsp3) is 0.375. The zero-order chi connectivity index (χ0) is 17.5. The molecule has 2 aromatic rings. The average Bonchev–Trinajstić information content (AvgIpc) is 2.96. The monoisotopic (exact) mass is 338 g/mol. The van der Waals surface area contributed by atoms with Gasteiger partial charge in [-0.3, -0.25) is 4.68 Å². The lowest BCUT2D eigenvalue weighted by molar-refractivity contribution is 0.0818. The molecule has 130 valence electrons. The Balaban J connectivity index is 1.83. The summed E-state index contributed by atoms with van der Waals surface area (Å²) >= 11 is 0. The van der Waals surface area contributed by atoms with Crippen LogP contribution < -0.4 is 10.1 Å². The summed E-state index contributed by atoms with van der Waals surface area (Å²) in [6.07, 6.45) is 1.02. The number of nitrogens with one attached hydrogen (secondary N) is 1. The molecular formula is C16H20F2N4O2. The van der Waals surface area contributed by atoms with Crippen LogP contribution in [-0.2, 0) is 20.1 Å². The number of nitrogens with zero attached hydrogens (tertiary/aromatic N) is 3. The van der Waals surface area contributed by atoms with Crippen molar-refractivity contribution in [3.05, 3.63) is 47.8 Å². The largest absolute Gasteiger partial charge is 0.488 e. The van der Waals surface area contributed by atoms with E-state index in [1.54, 1.807) is 42.2 Å². The third-order valence-corrected chi connectivity index (χ3v) is 3.24. The minimum atomic E-state index is -2.52. The van der Waals surface area contributed by atoms with E-state index in [1.807, 2.05) is 13.2 Å². The molecule has 1 N–H and O–H groups in total. The first-order valence-corrected chi connectivity index (χ1v) is 7.40. The van der Waals surface area contributed by atoms with Crippen LogP contribution in [0.3, 0.4) is 0 Å². The number of carbonyl (C=O) groups excluding carboxylic acids is 1. The number of alkyl halides is 2. The van der Waals surface area contributed by atoms with Gasteiger partial charge in [0.25, 0.3) is 6.43 Å². The van der Waals surface area contributed by atoms with Gasteiger partial charge in [-0.25, -0.2) is 13.6 Å². The highest BCUT2D eigenvalue weighted by atomic mass is 19.3. The zero-order valence-electron chi connectivity index (χ0n) is 13.6. The van der Waals surface area contributed by atoms with Crippen molar-refractivity contribution >= 4 is 6.03 Å². The Morgan fingerprint density at radius 1 is 1.42 bits per heavy atom. The molecule has 2 amide bonds. The van der Waals surface area contributed by atoms with Gasteiger partial charge in [-0.05, 0) is 17.7 Å². The minimum Gasteiger partial charge on any atom is -0.488 e. The first-order valence-electron chi connectivity index (χ1n) is 7.40. The van der Waals surface area contributed by atoms with E-state index in [0.29, 0.717) is 12.3 Å². The van der Waals surface area contributed by atoms with Gasteiger partial charge in [0, 0.05) is 32.4 Å². The van der Waals surface area contributed by atoms with Gasteiger partial charge in [0.15, 0.2) is 0 Å². The van der Waals surface area contributed by atoms with Crippen molar-refractivity contribution < 1.29 is 18.3 Å². The number of rotatable bonds is 7. The Morgan fingerprint density at radius 3 is 2.88 bits per heavy atom. The molecule has 0 aliphatic heterocycles. The van der Waals surface area contributed by atoms with Crippen LogP contribution in [0.25, 0.3) is 0 Å². The first kappa shape index (κ1) is 17.7. The summed E-state index contributed by atoms with van der Waals surface area (Å²) in [7, 11) is 3.50. The van der Waals surface area contributed by atoms with Crippen LogP contribution in [0.15, 0.2) is 36.7 Å². The van der Waals surface area contributed by atoms with Gasteiger partial charge in [0.05, 0.1) is 12.7 Å². The van der Waals surface area contributed by atoms with Crippen LogP contribution in [0.1, 0.15) is 11.1 Å². The van der Waals surface area contributed by atoms with Crippen LogP contribution >= 0.6 is 0 Å². The van der Waals surface area contributed by atoms with E-state index in [4.69, 9.17) is 4.74 Å². The maximum Gasteiger partial charge on any atom is 0.317 e. The van der Waals surface area contributed by atoms with Crippen molar-refractivity contribution in [3.8, 4) is 5.75 Å². The smallest absolute Gasteiger partial charge is 0.317 e. The van der Waals surface area contributed by atoms with Crippen molar-refractivity contribution in [1.82, 2.24) is 20.0 Å². The van der Waals surface area contributed by atoms with Crippen LogP contribution in [0.4, 0.5) is 13.6 Å². The Labute approximate surface area is 139 Å². The van der Waals surface area contributed by atoms with Crippen LogP contribution in [-0.4, -0.2) is 40.8 Å². The number of amides is 2. The van der Waals surface area contributed by atoms with E-state index in [2.05, 4.69) is 10.4 Å². The van der Waals surface area contributed by atoms with E-state index >= 15 is 0 Å². The molecule has 0 radical (unpaired) electrons. The molecule has 2 rings (SSSR count). The molecule has 0 atom stereocenters. The zero-order valence-corrected chi connectivity index (χ0v) is 13.6. The second-order valence-corrected chi connectivity index (χ2v) is 5.39. The number of ether oxygens (including phenoxy) is 1. The Morgan fingerprint density at radius 2 is 2.21 bits per heavy atom. The number of halogens is 2. The molecular weight excluding hydrogens is 318 g/mol. The molecule has 6 nitrogen and oxygen atoms in total. The maximum absolute atomic E-state index is 12.2. The van der Waals surface area contributed by atoms with Crippen molar-refractivity contribution in [2.24, 2.45) is 7.05 Å². The predicted molar refractivity (Wildman–Crippen MR) is 84.9 cm³/mol. The molecule has 1 aromatic heterocycles. The molecule has 1 aromatic carbocycles. The van der Waals surface area contributed by atoms with Crippen LogP contribution in [0, 0.1) is 0 Å². The fourth-order valence-electron chi connectivity index (χ4n) is 2.12. The summed E-state index contributed by atoms with van der Waals surface area (Å²) < 4.78 is 30.9. The van der Waals surface area contributed by atoms with E-state index in [1.165, 1.54) is 4.90 Å². The molecule has 1 heterocycles. The predicted octanol–water partition coefficient (Wildman–Crippen LogP) is 2.41. The number of carbonyl (C=O) groups is 1. The number of urea groups is 1. The molecule has 0 saturated carbocycles. The number of aromatic nitrogens is 2. The van der Waals surface area contributed by atoms with Gasteiger partial charge in [-0.1, -0.05) is 12.1 Å². The summed E-state index contributed by atoms with van der Waals surface area (Å²) in [6, 6.07) is 6.47. The lowest BCUT2D eigenvalue weighted by atomic mass is 10.2. The van der Waals surface area contributed by atoms with E-state index in [-0.39, 0.29) is 12.6 Å². The summed E-state index contributed by atoms with van der Waals surface area (Å²) in [5.41, 5.74) is 1.70. The highest BCUT2D eigenvalue weighted by Crippen LogP contribution is 2.14. The number of hydrogen-bond donors (Lipinski definition) is 1. The normalized spacial score (nSPS) is 10.7. The summed E-state index contributed by atoms with van der Waals surface area (Å²) in [6.45, 7) is 0.0724. The number of hydrogen-bond acceptors (Lipinski definition) is 3. The van der Waals surface area contributed by atoms with E-state index in [9.17, 15) is 13.6 Å². The van der Waals surface area contributed by atoms with Gasteiger partial charge in [0.1, 0.15) is 12.4 Å². The lowest BCUT2D eigenvalue weighted by Gasteiger charge is -2.17. The Kier molecular flexibility index (Phi) is 6.11. The molecule has 0 bridgehead atoms. The highest BCUT2D eigenvalue weighted by Gasteiger charge is 2.10. The Hall–Kier alpha value is -2.64. The minimum absolute atomic E-state index is 0.238. The second-order valence-electron chi connectivity index (χ2n) is 5.39. The van der Waals surface area contributed by atoms with E-state index < -0.39 is 13.0 Å². The van der Waals surface area contributed by atoms with Crippen molar-refractivity contribution in [2.75, 3.05) is 13.7 Å². The molecule has 0 aliphatic rings. The van der Waals surface area contributed by atoms with E-state index in [0.717, 1.165) is 11.1 Å². The standard InChI is InChI=1S/C16H20F2N4O2/c1-21(9-13-8-20-22(2)10-13)16(23)19-7-12-4-3-5-14(6-12)24-11-15(17)18/h3-6,8,10,15H,7,9,11H2,1-2H3,(H,19,23). The molecule has 0 saturated heterocycles. The molecule has 0 unspecified atom stereocenters. The molecule has 8 heteroatoms. The SMILES string of the molecule is CN(Cc1cnn(C)c1)C(=O)NCc1cccc(OCC(F)F)c1. The first-order chi connectivity index (χ1) is 11.4. The second kappa shape index (κ2) is 8.28. The molecule has 0 aliphatic carbocycles. The van der Waals surface area contributed by atoms with Gasteiger partial charge in [-0.2, -0.15) is 5.10 Å². The lowest BCUT2D eigenvalue weighted by Crippen LogP contribution is -2.36. The van der Waals surface area contributed by atoms with Gasteiger partial charge < -0.3 is 15.0 Å². The topological polar surface area (TPSA) is 59.4 Å². The third-order valence-electron chi connectivity index (χ3n) is 3.24. The van der Waals surface area contributed by atoms with Gasteiger partial charge in [0.2, 0.25) is 0 Å².